The Bertz CT molecular complexity index is 925. The van der Waals surface area contributed by atoms with Gasteiger partial charge < -0.3 is 19.5 Å². The Morgan fingerprint density at radius 1 is 1.27 bits per heavy atom. The highest BCUT2D eigenvalue weighted by atomic mass is 16.5. The number of rotatable bonds is 5. The highest BCUT2D eigenvalue weighted by Gasteiger charge is 2.26. The van der Waals surface area contributed by atoms with Crippen molar-refractivity contribution in [3.8, 4) is 0 Å². The smallest absolute Gasteiger partial charge is 0.325 e. The van der Waals surface area contributed by atoms with Crippen LogP contribution in [0.3, 0.4) is 0 Å². The predicted octanol–water partition coefficient (Wildman–Crippen LogP) is 2.61. The average Bonchev–Trinajstić information content (AvgIpc) is 2.77. The van der Waals surface area contributed by atoms with Gasteiger partial charge in [-0.2, -0.15) is 0 Å². The van der Waals surface area contributed by atoms with E-state index in [0.717, 1.165) is 30.6 Å². The first-order valence-corrected chi connectivity index (χ1v) is 10.2. The highest BCUT2D eigenvalue weighted by Crippen LogP contribution is 2.24. The van der Waals surface area contributed by atoms with Crippen LogP contribution in [0.5, 0.6) is 0 Å². The molecule has 1 fully saturated rings. The van der Waals surface area contributed by atoms with Crippen molar-refractivity contribution in [3.05, 3.63) is 52.7 Å². The van der Waals surface area contributed by atoms with Gasteiger partial charge in [0, 0.05) is 31.5 Å². The van der Waals surface area contributed by atoms with E-state index in [2.05, 4.69) is 26.0 Å². The van der Waals surface area contributed by atoms with Crippen LogP contribution in [0.1, 0.15) is 32.3 Å². The molecule has 1 aliphatic heterocycles. The molecule has 1 aliphatic rings. The van der Waals surface area contributed by atoms with Crippen molar-refractivity contribution in [1.29, 1.82) is 0 Å². The molecule has 30 heavy (non-hydrogen) atoms. The number of carbonyl (C=O) groups excluding carboxylic acids is 2. The van der Waals surface area contributed by atoms with Gasteiger partial charge in [-0.05, 0) is 37.5 Å². The van der Waals surface area contributed by atoms with Crippen molar-refractivity contribution >= 4 is 23.3 Å². The largest absolute Gasteiger partial charge is 0.468 e. The van der Waals surface area contributed by atoms with Gasteiger partial charge in [-0.3, -0.25) is 19.4 Å². The summed E-state index contributed by atoms with van der Waals surface area (Å²) in [5.41, 5.74) is 2.24. The number of nitrogens with one attached hydrogen (secondary N) is 1. The summed E-state index contributed by atoms with van der Waals surface area (Å²) in [7, 11) is 1.26. The summed E-state index contributed by atoms with van der Waals surface area (Å²) in [6, 6.07) is 4.93. The summed E-state index contributed by atoms with van der Waals surface area (Å²) in [6.45, 7) is 7.29. The number of hydrogen-bond acceptors (Lipinski definition) is 6. The molecule has 1 atom stereocenters. The topological polar surface area (TPSA) is 93.5 Å². The van der Waals surface area contributed by atoms with Crippen LogP contribution in [0.25, 0.3) is 0 Å². The quantitative estimate of drug-likeness (QED) is 0.756. The van der Waals surface area contributed by atoms with Crippen LogP contribution in [0, 0.1) is 12.8 Å². The number of carbonyl (C=O) groups is 2. The number of hydrogen-bond donors (Lipinski definition) is 1. The number of esters is 1. The van der Waals surface area contributed by atoms with E-state index in [4.69, 9.17) is 0 Å². The van der Waals surface area contributed by atoms with Gasteiger partial charge in [-0.1, -0.05) is 13.8 Å². The zero-order chi connectivity index (χ0) is 22.1. The number of pyridine rings is 2. The average molecular weight is 415 g/mol. The maximum absolute atomic E-state index is 12.8. The Kier molecular flexibility index (Phi) is 8.58. The van der Waals surface area contributed by atoms with Gasteiger partial charge in [0.1, 0.15) is 6.54 Å². The van der Waals surface area contributed by atoms with E-state index in [1.807, 2.05) is 27.0 Å². The molecule has 1 saturated heterocycles. The molecule has 8 nitrogen and oxygen atoms in total. The molecule has 8 heteroatoms. The third-order valence-electron chi connectivity index (χ3n) is 4.80. The predicted molar refractivity (Wildman–Crippen MR) is 117 cm³/mol. The molecule has 2 aromatic heterocycles. The van der Waals surface area contributed by atoms with Gasteiger partial charge in [0.15, 0.2) is 0 Å². The third-order valence-corrected chi connectivity index (χ3v) is 4.80. The lowest BCUT2D eigenvalue weighted by atomic mass is 9.96. The number of anilines is 2. The number of amides is 1. The van der Waals surface area contributed by atoms with Crippen molar-refractivity contribution in [2.75, 3.05) is 30.4 Å². The normalized spacial score (nSPS) is 15.6. The Balaban J connectivity index is 0.00000155. The molecule has 3 heterocycles. The molecule has 3 rings (SSSR count). The zero-order valence-corrected chi connectivity index (χ0v) is 18.1. The molecule has 0 saturated carbocycles. The summed E-state index contributed by atoms with van der Waals surface area (Å²) in [5, 5.41) is 2.86. The van der Waals surface area contributed by atoms with E-state index >= 15 is 0 Å². The molecule has 0 bridgehead atoms. The van der Waals surface area contributed by atoms with Crippen LogP contribution in [-0.2, 0) is 20.9 Å². The van der Waals surface area contributed by atoms with Crippen molar-refractivity contribution < 1.29 is 14.3 Å². The summed E-state index contributed by atoms with van der Waals surface area (Å²) < 4.78 is 5.81. The SMILES string of the molecule is CC.COC(=O)Cn1cc(NC(=O)C2CCCN(c3cncc(C)c3)C2)ccc1=O. The fourth-order valence-electron chi connectivity index (χ4n) is 3.31. The summed E-state index contributed by atoms with van der Waals surface area (Å²) in [5.74, 6) is -0.802. The van der Waals surface area contributed by atoms with Crippen molar-refractivity contribution in [2.45, 2.75) is 40.2 Å². The van der Waals surface area contributed by atoms with Gasteiger partial charge in [0.05, 0.1) is 30.6 Å². The van der Waals surface area contributed by atoms with E-state index in [1.165, 1.54) is 23.9 Å². The van der Waals surface area contributed by atoms with Gasteiger partial charge in [0.25, 0.3) is 5.56 Å². The maximum Gasteiger partial charge on any atom is 0.325 e. The minimum absolute atomic E-state index is 0.103. The van der Waals surface area contributed by atoms with E-state index in [1.54, 1.807) is 12.3 Å². The second-order valence-corrected chi connectivity index (χ2v) is 6.95. The first kappa shape index (κ1) is 23.1. The molecule has 0 aliphatic carbocycles. The molecular formula is C22H30N4O4. The second-order valence-electron chi connectivity index (χ2n) is 6.95. The zero-order valence-electron chi connectivity index (χ0n) is 18.1. The minimum Gasteiger partial charge on any atom is -0.468 e. The highest BCUT2D eigenvalue weighted by molar-refractivity contribution is 5.93. The van der Waals surface area contributed by atoms with E-state index < -0.39 is 5.97 Å². The molecular weight excluding hydrogens is 384 g/mol. The first-order chi connectivity index (χ1) is 14.5. The number of aromatic nitrogens is 2. The van der Waals surface area contributed by atoms with Crippen LogP contribution in [0.4, 0.5) is 11.4 Å². The standard InChI is InChI=1S/C20H24N4O4.C2H6/c1-14-8-17(10-21-9-14)23-7-3-4-15(11-23)20(27)22-16-5-6-18(25)24(12-16)13-19(26)28-2;1-2/h5-6,8-10,12,15H,3-4,7,11,13H2,1-2H3,(H,22,27);1-2H3. The van der Waals surface area contributed by atoms with Crippen LogP contribution < -0.4 is 15.8 Å². The minimum atomic E-state index is -0.528. The molecule has 0 spiro atoms. The molecule has 1 unspecified atom stereocenters. The Hall–Kier alpha value is -3.16. The van der Waals surface area contributed by atoms with Crippen LogP contribution in [0.2, 0.25) is 0 Å². The maximum atomic E-state index is 12.8. The van der Waals surface area contributed by atoms with Gasteiger partial charge in [-0.25, -0.2) is 0 Å². The van der Waals surface area contributed by atoms with Crippen molar-refractivity contribution in [2.24, 2.45) is 5.92 Å². The second kappa shape index (κ2) is 11.1. The van der Waals surface area contributed by atoms with Gasteiger partial charge in [-0.15, -0.1) is 0 Å². The summed E-state index contributed by atoms with van der Waals surface area (Å²) >= 11 is 0. The van der Waals surface area contributed by atoms with Crippen LogP contribution >= 0.6 is 0 Å². The number of nitrogens with zero attached hydrogens (tertiary/aromatic N) is 3. The van der Waals surface area contributed by atoms with Crippen molar-refractivity contribution in [3.63, 3.8) is 0 Å². The molecule has 0 aromatic carbocycles. The van der Waals surface area contributed by atoms with E-state index in [0.29, 0.717) is 12.2 Å². The number of ether oxygens (including phenoxy) is 1. The fraction of sp³-hybridized carbons (Fsp3) is 0.455. The molecule has 1 amide bonds. The molecule has 2 aromatic rings. The Labute approximate surface area is 176 Å². The monoisotopic (exact) mass is 414 g/mol. The van der Waals surface area contributed by atoms with E-state index in [-0.39, 0.29) is 23.9 Å². The number of piperidine rings is 1. The summed E-state index contributed by atoms with van der Waals surface area (Å²) in [6.07, 6.45) is 6.79. The van der Waals surface area contributed by atoms with Gasteiger partial charge >= 0.3 is 5.97 Å². The lowest BCUT2D eigenvalue weighted by Gasteiger charge is -2.33. The molecule has 0 radical (unpaired) electrons. The van der Waals surface area contributed by atoms with Crippen LogP contribution in [-0.4, -0.2) is 41.6 Å². The lowest BCUT2D eigenvalue weighted by molar-refractivity contribution is -0.141. The first-order valence-electron chi connectivity index (χ1n) is 10.2. The van der Waals surface area contributed by atoms with Crippen LogP contribution in [0.15, 0.2) is 41.6 Å². The van der Waals surface area contributed by atoms with Crippen molar-refractivity contribution in [1.82, 2.24) is 9.55 Å². The molecule has 162 valence electrons. The Morgan fingerprint density at radius 2 is 2.03 bits per heavy atom. The Morgan fingerprint density at radius 3 is 2.73 bits per heavy atom. The van der Waals surface area contributed by atoms with Gasteiger partial charge in [0.2, 0.25) is 5.91 Å². The lowest BCUT2D eigenvalue weighted by Crippen LogP contribution is -2.41. The number of methoxy groups -OCH3 is 1. The summed E-state index contributed by atoms with van der Waals surface area (Å²) in [4.78, 5) is 42.5. The molecule has 1 N–H and O–H groups in total. The fourth-order valence-corrected chi connectivity index (χ4v) is 3.31. The van der Waals surface area contributed by atoms with E-state index in [9.17, 15) is 14.4 Å². The number of aryl methyl sites for hydroxylation is 1. The third kappa shape index (κ3) is 6.17.